The van der Waals surface area contributed by atoms with Crippen LogP contribution in [-0.2, 0) is 6.54 Å². The standard InChI is InChI=1S/C13H16ClNO2/c1-3-4-9-15(13(14)16)10-11-5-7-12(17-2)8-6-11/h3,5-8H,1,4,9-10H2,2H3. The number of halogens is 1. The summed E-state index contributed by atoms with van der Waals surface area (Å²) in [4.78, 5) is 12.8. The number of carbonyl (C=O) groups is 1. The average Bonchev–Trinajstić information content (AvgIpc) is 2.35. The Morgan fingerprint density at radius 2 is 2.12 bits per heavy atom. The van der Waals surface area contributed by atoms with Gasteiger partial charge in [-0.25, -0.2) is 0 Å². The minimum atomic E-state index is -0.442. The zero-order valence-corrected chi connectivity index (χ0v) is 10.6. The Bertz CT molecular complexity index is 376. The molecular formula is C13H16ClNO2. The highest BCUT2D eigenvalue weighted by Gasteiger charge is 2.10. The lowest BCUT2D eigenvalue weighted by atomic mass is 10.2. The molecule has 0 bridgehead atoms. The van der Waals surface area contributed by atoms with Crippen molar-refractivity contribution in [1.82, 2.24) is 4.90 Å². The van der Waals surface area contributed by atoms with Crippen LogP contribution in [0.5, 0.6) is 5.75 Å². The first-order chi connectivity index (χ1) is 8.17. The molecule has 0 saturated carbocycles. The van der Waals surface area contributed by atoms with Crippen LogP contribution < -0.4 is 4.74 Å². The number of hydrogen-bond donors (Lipinski definition) is 0. The minimum absolute atomic E-state index is 0.442. The maximum Gasteiger partial charge on any atom is 0.316 e. The molecule has 17 heavy (non-hydrogen) atoms. The molecular weight excluding hydrogens is 238 g/mol. The fourth-order valence-electron chi connectivity index (χ4n) is 1.43. The van der Waals surface area contributed by atoms with Gasteiger partial charge in [0.1, 0.15) is 5.75 Å². The molecule has 0 saturated heterocycles. The highest BCUT2D eigenvalue weighted by atomic mass is 35.5. The van der Waals surface area contributed by atoms with Crippen molar-refractivity contribution >= 4 is 17.0 Å². The number of nitrogens with zero attached hydrogens (tertiary/aromatic N) is 1. The van der Waals surface area contributed by atoms with Gasteiger partial charge in [0.15, 0.2) is 0 Å². The maximum atomic E-state index is 11.2. The topological polar surface area (TPSA) is 29.5 Å². The Kier molecular flexibility index (Phi) is 5.57. The van der Waals surface area contributed by atoms with Crippen LogP contribution in [-0.4, -0.2) is 23.9 Å². The molecule has 3 nitrogen and oxygen atoms in total. The first-order valence-corrected chi connectivity index (χ1v) is 5.73. The summed E-state index contributed by atoms with van der Waals surface area (Å²) in [6.45, 7) is 4.71. The number of rotatable bonds is 6. The van der Waals surface area contributed by atoms with E-state index in [1.54, 1.807) is 18.1 Å². The highest BCUT2D eigenvalue weighted by molar-refractivity contribution is 6.62. The van der Waals surface area contributed by atoms with Gasteiger partial charge in [0.05, 0.1) is 7.11 Å². The fraction of sp³-hybridized carbons (Fsp3) is 0.308. The van der Waals surface area contributed by atoms with Gasteiger partial charge in [0.25, 0.3) is 0 Å². The molecule has 0 aliphatic rings. The van der Waals surface area contributed by atoms with Crippen LogP contribution in [0.1, 0.15) is 12.0 Å². The summed E-state index contributed by atoms with van der Waals surface area (Å²) in [7, 11) is 1.62. The van der Waals surface area contributed by atoms with Crippen molar-refractivity contribution in [3.05, 3.63) is 42.5 Å². The van der Waals surface area contributed by atoms with E-state index in [-0.39, 0.29) is 0 Å². The maximum absolute atomic E-state index is 11.2. The highest BCUT2D eigenvalue weighted by Crippen LogP contribution is 2.14. The summed E-state index contributed by atoms with van der Waals surface area (Å²) >= 11 is 5.52. The molecule has 0 heterocycles. The predicted molar refractivity (Wildman–Crippen MR) is 69.5 cm³/mol. The van der Waals surface area contributed by atoms with Crippen molar-refractivity contribution in [3.8, 4) is 5.75 Å². The Balaban J connectivity index is 2.64. The van der Waals surface area contributed by atoms with E-state index in [2.05, 4.69) is 6.58 Å². The summed E-state index contributed by atoms with van der Waals surface area (Å²) in [5, 5.41) is -0.442. The van der Waals surface area contributed by atoms with Crippen molar-refractivity contribution in [3.63, 3.8) is 0 Å². The second kappa shape index (κ2) is 6.97. The summed E-state index contributed by atoms with van der Waals surface area (Å²) in [5.74, 6) is 0.795. The second-order valence-corrected chi connectivity index (χ2v) is 3.92. The Morgan fingerprint density at radius 1 is 1.47 bits per heavy atom. The lowest BCUT2D eigenvalue weighted by Crippen LogP contribution is -2.26. The SMILES string of the molecule is C=CCCN(Cc1ccc(OC)cc1)C(=O)Cl. The molecule has 0 radical (unpaired) electrons. The third kappa shape index (κ3) is 4.49. The monoisotopic (exact) mass is 253 g/mol. The number of carbonyl (C=O) groups excluding carboxylic acids is 1. The van der Waals surface area contributed by atoms with Crippen LogP contribution in [0, 0.1) is 0 Å². The van der Waals surface area contributed by atoms with Gasteiger partial charge in [0, 0.05) is 13.1 Å². The zero-order valence-electron chi connectivity index (χ0n) is 9.86. The molecule has 0 aliphatic carbocycles. The quantitative estimate of drug-likeness (QED) is 0.442. The smallest absolute Gasteiger partial charge is 0.316 e. The third-order valence-electron chi connectivity index (χ3n) is 2.38. The first kappa shape index (κ1) is 13.6. The average molecular weight is 254 g/mol. The molecule has 92 valence electrons. The molecule has 1 rings (SSSR count). The summed E-state index contributed by atoms with van der Waals surface area (Å²) < 4.78 is 5.07. The lowest BCUT2D eigenvalue weighted by molar-refractivity contribution is 0.220. The van der Waals surface area contributed by atoms with Gasteiger partial charge in [-0.2, -0.15) is 0 Å². The van der Waals surface area contributed by atoms with Gasteiger partial charge in [-0.1, -0.05) is 18.2 Å². The van der Waals surface area contributed by atoms with Crippen molar-refractivity contribution in [2.45, 2.75) is 13.0 Å². The van der Waals surface area contributed by atoms with Crippen molar-refractivity contribution in [1.29, 1.82) is 0 Å². The molecule has 0 spiro atoms. The van der Waals surface area contributed by atoms with Gasteiger partial charge >= 0.3 is 5.37 Å². The van der Waals surface area contributed by atoms with Crippen LogP contribution in [0.25, 0.3) is 0 Å². The molecule has 0 aliphatic heterocycles. The number of hydrogen-bond acceptors (Lipinski definition) is 2. The number of ether oxygens (including phenoxy) is 1. The Labute approximate surface area is 107 Å². The van der Waals surface area contributed by atoms with E-state index in [1.807, 2.05) is 24.3 Å². The Hall–Kier alpha value is -1.48. The first-order valence-electron chi connectivity index (χ1n) is 5.35. The molecule has 0 atom stereocenters. The predicted octanol–water partition coefficient (Wildman–Crippen LogP) is 3.43. The summed E-state index contributed by atoms with van der Waals surface area (Å²) in [6, 6.07) is 7.55. The zero-order chi connectivity index (χ0) is 12.7. The number of methoxy groups -OCH3 is 1. The normalized spacial score (nSPS) is 9.76. The summed E-state index contributed by atoms with van der Waals surface area (Å²) in [6.07, 6.45) is 2.50. The summed E-state index contributed by atoms with van der Waals surface area (Å²) in [5.41, 5.74) is 1.02. The number of amides is 1. The third-order valence-corrected chi connectivity index (χ3v) is 2.62. The van der Waals surface area contributed by atoms with E-state index in [4.69, 9.17) is 16.3 Å². The van der Waals surface area contributed by atoms with E-state index in [0.717, 1.165) is 17.7 Å². The molecule has 0 N–H and O–H groups in total. The van der Waals surface area contributed by atoms with E-state index >= 15 is 0 Å². The van der Waals surface area contributed by atoms with E-state index in [9.17, 15) is 4.79 Å². The molecule has 1 aromatic carbocycles. The molecule has 4 heteroatoms. The van der Waals surface area contributed by atoms with Crippen LogP contribution in [0.3, 0.4) is 0 Å². The van der Waals surface area contributed by atoms with Crippen LogP contribution in [0.4, 0.5) is 4.79 Å². The molecule has 1 aromatic rings. The van der Waals surface area contributed by atoms with Crippen molar-refractivity contribution in [2.75, 3.05) is 13.7 Å². The Morgan fingerprint density at radius 3 is 2.59 bits per heavy atom. The van der Waals surface area contributed by atoms with Crippen LogP contribution >= 0.6 is 11.6 Å². The van der Waals surface area contributed by atoms with Gasteiger partial charge in [-0.15, -0.1) is 6.58 Å². The minimum Gasteiger partial charge on any atom is -0.497 e. The molecule has 0 fully saturated rings. The molecule has 0 aromatic heterocycles. The van der Waals surface area contributed by atoms with Crippen LogP contribution in [0.2, 0.25) is 0 Å². The van der Waals surface area contributed by atoms with E-state index in [0.29, 0.717) is 13.1 Å². The van der Waals surface area contributed by atoms with E-state index < -0.39 is 5.37 Å². The largest absolute Gasteiger partial charge is 0.497 e. The van der Waals surface area contributed by atoms with Gasteiger partial charge in [-0.05, 0) is 35.7 Å². The number of benzene rings is 1. The van der Waals surface area contributed by atoms with Gasteiger partial charge in [0.2, 0.25) is 0 Å². The van der Waals surface area contributed by atoms with Gasteiger partial charge < -0.3 is 9.64 Å². The van der Waals surface area contributed by atoms with Gasteiger partial charge in [-0.3, -0.25) is 4.79 Å². The molecule has 0 unspecified atom stereocenters. The fourth-order valence-corrected chi connectivity index (χ4v) is 1.57. The second-order valence-electron chi connectivity index (χ2n) is 3.60. The lowest BCUT2D eigenvalue weighted by Gasteiger charge is -2.19. The van der Waals surface area contributed by atoms with Crippen LogP contribution in [0.15, 0.2) is 36.9 Å². The van der Waals surface area contributed by atoms with E-state index in [1.165, 1.54) is 0 Å². The molecule has 1 amide bonds. The van der Waals surface area contributed by atoms with Crippen molar-refractivity contribution < 1.29 is 9.53 Å². The van der Waals surface area contributed by atoms with Crippen molar-refractivity contribution in [2.24, 2.45) is 0 Å².